The molecule has 1 saturated heterocycles. The van der Waals surface area contributed by atoms with E-state index in [1.165, 1.54) is 35.0 Å². The highest BCUT2D eigenvalue weighted by Gasteiger charge is 2.34. The van der Waals surface area contributed by atoms with Crippen molar-refractivity contribution in [3.63, 3.8) is 0 Å². The lowest BCUT2D eigenvalue weighted by Gasteiger charge is -2.37. The van der Waals surface area contributed by atoms with Gasteiger partial charge in [0.05, 0.1) is 18.4 Å². The van der Waals surface area contributed by atoms with E-state index < -0.39 is 23.8 Å². The minimum Gasteiger partial charge on any atom is -0.479 e. The number of halogens is 3. The molecule has 0 aliphatic carbocycles. The van der Waals surface area contributed by atoms with Crippen molar-refractivity contribution in [2.75, 3.05) is 20.2 Å². The van der Waals surface area contributed by atoms with Crippen LogP contribution >= 0.6 is 0 Å². The first kappa shape index (κ1) is 21.0. The monoisotopic (exact) mass is 434 g/mol. The van der Waals surface area contributed by atoms with E-state index in [0.29, 0.717) is 24.4 Å². The Kier molecular flexibility index (Phi) is 5.50. The van der Waals surface area contributed by atoms with Gasteiger partial charge in [0, 0.05) is 24.7 Å². The van der Waals surface area contributed by atoms with Gasteiger partial charge < -0.3 is 9.64 Å². The lowest BCUT2D eigenvalue weighted by molar-refractivity contribution is 0.0659. The zero-order chi connectivity index (χ0) is 22.3. The average molecular weight is 434 g/mol. The molecule has 8 nitrogen and oxygen atoms in total. The maximum Gasteiger partial charge on any atom is 0.280 e. The Morgan fingerprint density at radius 1 is 1.29 bits per heavy atom. The number of pyridine rings is 1. The maximum absolute atomic E-state index is 14.7. The van der Waals surface area contributed by atoms with E-state index in [1.54, 1.807) is 6.92 Å². The van der Waals surface area contributed by atoms with Crippen LogP contribution in [0, 0.1) is 18.7 Å². The van der Waals surface area contributed by atoms with Crippen LogP contribution in [0.1, 0.15) is 53.1 Å². The zero-order valence-corrected chi connectivity index (χ0v) is 17.2. The number of fused-ring (bicyclic) bond motifs is 1. The SMILES string of the molecule is COc1nc(C)cc(C(=O)N2CC[C@@H](C)C(c3cc(C(F)F)nc4ncnn34)C2)c1F. The summed E-state index contributed by atoms with van der Waals surface area (Å²) in [5.41, 5.74) is 0.411. The minimum absolute atomic E-state index is 0.0722. The molecule has 4 heterocycles. The van der Waals surface area contributed by atoms with E-state index in [1.807, 2.05) is 6.92 Å². The summed E-state index contributed by atoms with van der Waals surface area (Å²) >= 11 is 0. The highest BCUT2D eigenvalue weighted by Crippen LogP contribution is 2.34. The van der Waals surface area contributed by atoms with Crippen LogP contribution in [0.25, 0.3) is 5.78 Å². The van der Waals surface area contributed by atoms with Gasteiger partial charge in [-0.25, -0.2) is 27.7 Å². The lowest BCUT2D eigenvalue weighted by atomic mass is 9.84. The molecule has 0 spiro atoms. The number of methoxy groups -OCH3 is 1. The van der Waals surface area contributed by atoms with E-state index in [0.717, 1.165) is 0 Å². The Morgan fingerprint density at radius 2 is 2.06 bits per heavy atom. The molecular formula is C20H21F3N6O2. The summed E-state index contributed by atoms with van der Waals surface area (Å²) in [5, 5.41) is 4.12. The van der Waals surface area contributed by atoms with Gasteiger partial charge in [-0.05, 0) is 31.4 Å². The number of amides is 1. The van der Waals surface area contributed by atoms with Crippen LogP contribution in [0.15, 0.2) is 18.5 Å². The molecule has 0 bridgehead atoms. The third kappa shape index (κ3) is 3.79. The Balaban J connectivity index is 1.70. The van der Waals surface area contributed by atoms with Gasteiger partial charge in [0.15, 0.2) is 5.82 Å². The van der Waals surface area contributed by atoms with Gasteiger partial charge in [-0.1, -0.05) is 6.92 Å². The number of rotatable bonds is 4. The molecule has 11 heteroatoms. The van der Waals surface area contributed by atoms with Crippen molar-refractivity contribution in [2.24, 2.45) is 5.92 Å². The molecule has 1 aliphatic heterocycles. The fraction of sp³-hybridized carbons (Fsp3) is 0.450. The fourth-order valence-corrected chi connectivity index (χ4v) is 3.96. The van der Waals surface area contributed by atoms with Crippen LogP contribution in [0.3, 0.4) is 0 Å². The fourth-order valence-electron chi connectivity index (χ4n) is 3.96. The van der Waals surface area contributed by atoms with E-state index in [-0.39, 0.29) is 35.6 Å². The maximum atomic E-state index is 14.7. The van der Waals surface area contributed by atoms with E-state index in [4.69, 9.17) is 4.74 Å². The summed E-state index contributed by atoms with van der Waals surface area (Å²) in [6, 6.07) is 2.69. The summed E-state index contributed by atoms with van der Waals surface area (Å²) in [6.45, 7) is 4.25. The van der Waals surface area contributed by atoms with Gasteiger partial charge in [0.25, 0.3) is 24.0 Å². The normalized spacial score (nSPS) is 19.3. The molecular weight excluding hydrogens is 413 g/mol. The van der Waals surface area contributed by atoms with Crippen LogP contribution in [-0.2, 0) is 0 Å². The third-order valence-corrected chi connectivity index (χ3v) is 5.63. The minimum atomic E-state index is -2.77. The van der Waals surface area contributed by atoms with Crippen LogP contribution in [-0.4, -0.2) is 55.6 Å². The molecule has 1 aliphatic rings. The quantitative estimate of drug-likeness (QED) is 0.627. The molecule has 3 aromatic heterocycles. The Hall–Kier alpha value is -3.24. The van der Waals surface area contributed by atoms with Crippen molar-refractivity contribution < 1.29 is 22.7 Å². The van der Waals surface area contributed by atoms with Crippen molar-refractivity contribution in [2.45, 2.75) is 32.6 Å². The van der Waals surface area contributed by atoms with Crippen molar-refractivity contribution in [1.82, 2.24) is 29.5 Å². The summed E-state index contributed by atoms with van der Waals surface area (Å²) in [6.07, 6.45) is -0.904. The number of aromatic nitrogens is 5. The molecule has 0 radical (unpaired) electrons. The summed E-state index contributed by atoms with van der Waals surface area (Å²) in [4.78, 5) is 26.4. The molecule has 3 aromatic rings. The van der Waals surface area contributed by atoms with E-state index in [9.17, 15) is 18.0 Å². The molecule has 1 amide bonds. The zero-order valence-electron chi connectivity index (χ0n) is 17.2. The highest BCUT2D eigenvalue weighted by molar-refractivity contribution is 5.95. The molecule has 164 valence electrons. The van der Waals surface area contributed by atoms with Gasteiger partial charge in [-0.3, -0.25) is 4.79 Å². The molecule has 1 unspecified atom stereocenters. The second-order valence-electron chi connectivity index (χ2n) is 7.64. The Morgan fingerprint density at radius 3 is 2.77 bits per heavy atom. The number of carbonyl (C=O) groups is 1. The Bertz CT molecular complexity index is 1140. The van der Waals surface area contributed by atoms with Crippen LogP contribution in [0.4, 0.5) is 13.2 Å². The summed E-state index contributed by atoms with van der Waals surface area (Å²) in [7, 11) is 1.28. The number of alkyl halides is 2. The number of hydrogen-bond donors (Lipinski definition) is 0. The van der Waals surface area contributed by atoms with Crippen molar-refractivity contribution >= 4 is 11.7 Å². The van der Waals surface area contributed by atoms with Crippen LogP contribution in [0.5, 0.6) is 5.88 Å². The van der Waals surface area contributed by atoms with Crippen molar-refractivity contribution in [3.8, 4) is 5.88 Å². The molecule has 31 heavy (non-hydrogen) atoms. The highest BCUT2D eigenvalue weighted by atomic mass is 19.3. The van der Waals surface area contributed by atoms with Gasteiger partial charge in [-0.2, -0.15) is 10.1 Å². The second-order valence-corrected chi connectivity index (χ2v) is 7.64. The number of hydrogen-bond acceptors (Lipinski definition) is 6. The number of ether oxygens (including phenoxy) is 1. The predicted octanol–water partition coefficient (Wildman–Crippen LogP) is 3.18. The molecule has 0 N–H and O–H groups in total. The lowest BCUT2D eigenvalue weighted by Crippen LogP contribution is -2.43. The number of aryl methyl sites for hydroxylation is 1. The molecule has 2 atom stereocenters. The standard InChI is InChI=1S/C20H21F3N6O2/c1-10-4-5-28(19(30)12-6-11(2)26-18(31-3)16(12)21)8-13(10)15-7-14(17(22)23)27-20-24-9-25-29(15)20/h6-7,9-10,13,17H,4-5,8H2,1-3H3/t10-,13?/m1/s1. The van der Waals surface area contributed by atoms with Crippen molar-refractivity contribution in [1.29, 1.82) is 0 Å². The first-order chi connectivity index (χ1) is 14.8. The first-order valence-corrected chi connectivity index (χ1v) is 9.79. The second kappa shape index (κ2) is 8.12. The van der Waals surface area contributed by atoms with Gasteiger partial charge in [0.2, 0.25) is 0 Å². The molecule has 0 aromatic carbocycles. The van der Waals surface area contributed by atoms with E-state index in [2.05, 4.69) is 20.1 Å². The van der Waals surface area contributed by atoms with Gasteiger partial charge in [-0.15, -0.1) is 0 Å². The number of nitrogens with zero attached hydrogens (tertiary/aromatic N) is 6. The molecule has 4 rings (SSSR count). The van der Waals surface area contributed by atoms with Crippen molar-refractivity contribution in [3.05, 3.63) is 46.9 Å². The molecule has 1 fully saturated rings. The average Bonchev–Trinajstić information content (AvgIpc) is 3.23. The summed E-state index contributed by atoms with van der Waals surface area (Å²) in [5.74, 6) is -1.74. The first-order valence-electron chi connectivity index (χ1n) is 9.79. The number of likely N-dealkylation sites (tertiary alicyclic amines) is 1. The topological polar surface area (TPSA) is 85.5 Å². The van der Waals surface area contributed by atoms with Gasteiger partial charge in [0.1, 0.15) is 12.0 Å². The third-order valence-electron chi connectivity index (χ3n) is 5.63. The van der Waals surface area contributed by atoms with Crippen LogP contribution in [0.2, 0.25) is 0 Å². The number of carbonyl (C=O) groups excluding carboxylic acids is 1. The predicted molar refractivity (Wildman–Crippen MR) is 104 cm³/mol. The largest absolute Gasteiger partial charge is 0.479 e. The van der Waals surface area contributed by atoms with Gasteiger partial charge >= 0.3 is 0 Å². The van der Waals surface area contributed by atoms with E-state index >= 15 is 0 Å². The molecule has 0 saturated carbocycles. The number of piperidine rings is 1. The Labute approximate surface area is 176 Å². The summed E-state index contributed by atoms with van der Waals surface area (Å²) < 4.78 is 47.8. The smallest absolute Gasteiger partial charge is 0.280 e. The van der Waals surface area contributed by atoms with Crippen LogP contribution < -0.4 is 4.74 Å².